The average Bonchev–Trinajstić information content (AvgIpc) is 2.90. The monoisotopic (exact) mass is 296 g/mol. The molecule has 2 aromatic carbocycles. The summed E-state index contributed by atoms with van der Waals surface area (Å²) in [5.74, 6) is -0.419. The van der Waals surface area contributed by atoms with Crippen LogP contribution in [-0.2, 0) is 0 Å². The number of nitrogens with zero attached hydrogens (tertiary/aromatic N) is 2. The number of aryl methyl sites for hydroxylation is 1. The van der Waals surface area contributed by atoms with Crippen LogP contribution in [0.15, 0.2) is 42.5 Å². The molecule has 0 radical (unpaired) electrons. The maximum absolute atomic E-state index is 12.3. The van der Waals surface area contributed by atoms with Gasteiger partial charge in [-0.3, -0.25) is 20.0 Å². The molecular weight excluding hydrogens is 284 g/mol. The van der Waals surface area contributed by atoms with Gasteiger partial charge in [0.25, 0.3) is 11.6 Å². The maximum Gasteiger partial charge on any atom is 0.276 e. The fourth-order valence-corrected chi connectivity index (χ4v) is 2.20. The molecule has 2 N–H and O–H groups in total. The number of carbonyl (C=O) groups is 1. The van der Waals surface area contributed by atoms with Gasteiger partial charge in [-0.25, -0.2) is 0 Å². The molecule has 110 valence electrons. The number of aromatic amines is 1. The number of benzene rings is 2. The number of fused-ring (bicyclic) bond motifs is 1. The summed E-state index contributed by atoms with van der Waals surface area (Å²) in [5, 5.41) is 20.7. The quantitative estimate of drug-likeness (QED) is 0.573. The summed E-state index contributed by atoms with van der Waals surface area (Å²) in [7, 11) is 0. The van der Waals surface area contributed by atoms with E-state index in [0.717, 1.165) is 5.56 Å². The van der Waals surface area contributed by atoms with E-state index in [1.165, 1.54) is 18.2 Å². The molecule has 7 nitrogen and oxygen atoms in total. The minimum Gasteiger partial charge on any atom is -0.321 e. The van der Waals surface area contributed by atoms with Crippen molar-refractivity contribution in [2.45, 2.75) is 6.92 Å². The Bertz CT molecular complexity index is 885. The van der Waals surface area contributed by atoms with Crippen LogP contribution >= 0.6 is 0 Å². The first-order valence-corrected chi connectivity index (χ1v) is 6.55. The lowest BCUT2D eigenvalue weighted by Crippen LogP contribution is -2.12. The summed E-state index contributed by atoms with van der Waals surface area (Å²) in [5.41, 5.74) is 2.27. The molecule has 0 atom stereocenters. The number of rotatable bonds is 3. The largest absolute Gasteiger partial charge is 0.321 e. The number of aromatic nitrogens is 2. The Kier molecular flexibility index (Phi) is 3.30. The van der Waals surface area contributed by atoms with E-state index in [1.807, 2.05) is 25.1 Å². The minimum atomic E-state index is -0.505. The van der Waals surface area contributed by atoms with Crippen molar-refractivity contribution in [1.82, 2.24) is 10.2 Å². The van der Waals surface area contributed by atoms with Crippen molar-refractivity contribution in [3.63, 3.8) is 0 Å². The number of non-ortho nitro benzene ring substituents is 1. The van der Waals surface area contributed by atoms with Crippen LogP contribution in [0.25, 0.3) is 10.9 Å². The zero-order valence-electron chi connectivity index (χ0n) is 11.7. The van der Waals surface area contributed by atoms with Gasteiger partial charge in [-0.05, 0) is 30.7 Å². The molecule has 0 aliphatic rings. The molecule has 0 aliphatic carbocycles. The summed E-state index contributed by atoms with van der Waals surface area (Å²) >= 11 is 0. The van der Waals surface area contributed by atoms with Gasteiger partial charge in [-0.1, -0.05) is 12.1 Å². The van der Waals surface area contributed by atoms with Crippen molar-refractivity contribution in [1.29, 1.82) is 0 Å². The van der Waals surface area contributed by atoms with Gasteiger partial charge in [0, 0.05) is 23.2 Å². The van der Waals surface area contributed by atoms with Crippen LogP contribution in [0, 0.1) is 17.0 Å². The second kappa shape index (κ2) is 5.28. The molecule has 0 aliphatic heterocycles. The molecule has 0 fully saturated rings. The van der Waals surface area contributed by atoms with Crippen molar-refractivity contribution in [3.05, 3.63) is 63.8 Å². The van der Waals surface area contributed by atoms with Crippen LogP contribution in [-0.4, -0.2) is 21.0 Å². The van der Waals surface area contributed by atoms with Gasteiger partial charge in [-0.15, -0.1) is 0 Å². The van der Waals surface area contributed by atoms with Crippen LogP contribution < -0.4 is 5.32 Å². The number of nitro groups is 1. The number of H-pyrrole nitrogens is 1. The van der Waals surface area contributed by atoms with E-state index >= 15 is 0 Å². The summed E-state index contributed by atoms with van der Waals surface area (Å²) in [6.07, 6.45) is 0. The molecule has 22 heavy (non-hydrogen) atoms. The smallest absolute Gasteiger partial charge is 0.276 e. The first-order valence-electron chi connectivity index (χ1n) is 6.55. The van der Waals surface area contributed by atoms with Gasteiger partial charge in [0.15, 0.2) is 5.69 Å². The Labute approximate surface area is 125 Å². The van der Waals surface area contributed by atoms with Gasteiger partial charge in [-0.2, -0.15) is 5.10 Å². The third-order valence-corrected chi connectivity index (χ3v) is 3.25. The first kappa shape index (κ1) is 13.7. The van der Waals surface area contributed by atoms with Crippen LogP contribution in [0.4, 0.5) is 11.4 Å². The lowest BCUT2D eigenvalue weighted by atomic mass is 10.1. The van der Waals surface area contributed by atoms with E-state index in [-0.39, 0.29) is 11.4 Å². The zero-order valence-corrected chi connectivity index (χ0v) is 11.7. The molecule has 0 bridgehead atoms. The normalized spacial score (nSPS) is 10.6. The third-order valence-electron chi connectivity index (χ3n) is 3.25. The maximum atomic E-state index is 12.3. The van der Waals surface area contributed by atoms with E-state index in [9.17, 15) is 14.9 Å². The zero-order chi connectivity index (χ0) is 15.7. The number of amides is 1. The van der Waals surface area contributed by atoms with Crippen molar-refractivity contribution < 1.29 is 9.72 Å². The Balaban J connectivity index is 1.97. The number of hydrogen-bond donors (Lipinski definition) is 2. The predicted molar refractivity (Wildman–Crippen MR) is 81.9 cm³/mol. The highest BCUT2D eigenvalue weighted by Crippen LogP contribution is 2.23. The molecule has 0 saturated heterocycles. The van der Waals surface area contributed by atoms with E-state index in [2.05, 4.69) is 15.5 Å². The minimum absolute atomic E-state index is 0.0847. The van der Waals surface area contributed by atoms with Gasteiger partial charge in [0.1, 0.15) is 0 Å². The highest BCUT2D eigenvalue weighted by Gasteiger charge is 2.17. The Morgan fingerprint density at radius 3 is 2.82 bits per heavy atom. The second-order valence-corrected chi connectivity index (χ2v) is 4.88. The average molecular weight is 296 g/mol. The van der Waals surface area contributed by atoms with Gasteiger partial charge in [0.05, 0.1) is 10.4 Å². The molecule has 0 unspecified atom stereocenters. The topological polar surface area (TPSA) is 101 Å². The number of nitrogens with one attached hydrogen (secondary N) is 2. The fraction of sp³-hybridized carbons (Fsp3) is 0.0667. The lowest BCUT2D eigenvalue weighted by Gasteiger charge is -2.04. The van der Waals surface area contributed by atoms with Gasteiger partial charge < -0.3 is 5.32 Å². The number of hydrogen-bond acceptors (Lipinski definition) is 4. The molecule has 0 saturated carbocycles. The van der Waals surface area contributed by atoms with Crippen LogP contribution in [0.5, 0.6) is 0 Å². The molecule has 1 amide bonds. The molecule has 7 heteroatoms. The van der Waals surface area contributed by atoms with E-state index in [0.29, 0.717) is 16.6 Å². The summed E-state index contributed by atoms with van der Waals surface area (Å²) in [6.45, 7) is 1.92. The summed E-state index contributed by atoms with van der Waals surface area (Å²) in [6, 6.07) is 11.6. The number of anilines is 1. The van der Waals surface area contributed by atoms with Gasteiger partial charge >= 0.3 is 0 Å². The third kappa shape index (κ3) is 2.51. The van der Waals surface area contributed by atoms with E-state index in [4.69, 9.17) is 0 Å². The van der Waals surface area contributed by atoms with E-state index < -0.39 is 10.8 Å². The van der Waals surface area contributed by atoms with E-state index in [1.54, 1.807) is 6.07 Å². The molecule has 1 heterocycles. The lowest BCUT2D eigenvalue weighted by molar-refractivity contribution is -0.384. The van der Waals surface area contributed by atoms with Gasteiger partial charge in [0.2, 0.25) is 0 Å². The second-order valence-electron chi connectivity index (χ2n) is 4.88. The Hall–Kier alpha value is -3.22. The van der Waals surface area contributed by atoms with Crippen LogP contribution in [0.1, 0.15) is 16.1 Å². The van der Waals surface area contributed by atoms with Crippen molar-refractivity contribution in [2.75, 3.05) is 5.32 Å². The van der Waals surface area contributed by atoms with Crippen LogP contribution in [0.3, 0.4) is 0 Å². The molecular formula is C15H12N4O3. The molecule has 3 aromatic rings. The first-order chi connectivity index (χ1) is 10.5. The fourth-order valence-electron chi connectivity index (χ4n) is 2.20. The van der Waals surface area contributed by atoms with Crippen molar-refractivity contribution in [3.8, 4) is 0 Å². The summed E-state index contributed by atoms with van der Waals surface area (Å²) in [4.78, 5) is 22.7. The Morgan fingerprint density at radius 2 is 2.09 bits per heavy atom. The predicted octanol–water partition coefficient (Wildman–Crippen LogP) is 3.03. The number of nitro benzene ring substituents is 1. The molecule has 3 rings (SSSR count). The SMILES string of the molecule is Cc1cccc(NC(=O)c2n[nH]c3ccc([N+](=O)[O-])cc23)c1. The number of carbonyl (C=O) groups excluding carboxylic acids is 1. The van der Waals surface area contributed by atoms with Crippen molar-refractivity contribution in [2.24, 2.45) is 0 Å². The Morgan fingerprint density at radius 1 is 1.27 bits per heavy atom. The van der Waals surface area contributed by atoms with Crippen LogP contribution in [0.2, 0.25) is 0 Å². The standard InChI is InChI=1S/C15H12N4O3/c1-9-3-2-4-10(7-9)16-15(20)14-12-8-11(19(21)22)5-6-13(12)17-18-14/h2-8H,1H3,(H,16,20)(H,17,18). The van der Waals surface area contributed by atoms with Crippen molar-refractivity contribution >= 4 is 28.2 Å². The highest BCUT2D eigenvalue weighted by atomic mass is 16.6. The highest BCUT2D eigenvalue weighted by molar-refractivity contribution is 6.11. The molecule has 0 spiro atoms. The summed E-state index contributed by atoms with van der Waals surface area (Å²) < 4.78 is 0. The molecule has 1 aromatic heterocycles.